The molecule has 5 N–H and O–H groups in total. The number of carbonyl (C=O) groups is 1. The van der Waals surface area contributed by atoms with Crippen molar-refractivity contribution < 1.29 is 9.90 Å². The third-order valence-electron chi connectivity index (χ3n) is 4.91. The Hall–Kier alpha value is -2.11. The second kappa shape index (κ2) is 7.64. The first-order valence-corrected chi connectivity index (χ1v) is 8.63. The summed E-state index contributed by atoms with van der Waals surface area (Å²) < 4.78 is 0. The summed E-state index contributed by atoms with van der Waals surface area (Å²) in [5.74, 6) is -0.263. The summed E-state index contributed by atoms with van der Waals surface area (Å²) in [4.78, 5) is 12.2. The van der Waals surface area contributed by atoms with Gasteiger partial charge in [-0.15, -0.1) is 0 Å². The van der Waals surface area contributed by atoms with Crippen LogP contribution in [-0.2, 0) is 4.79 Å². The first-order valence-electron chi connectivity index (χ1n) is 8.63. The Labute approximate surface area is 142 Å². The van der Waals surface area contributed by atoms with Crippen molar-refractivity contribution in [3.63, 3.8) is 0 Å². The lowest BCUT2D eigenvalue weighted by Gasteiger charge is -2.30. The van der Waals surface area contributed by atoms with Crippen LogP contribution in [0.2, 0.25) is 0 Å². The molecule has 1 aliphatic carbocycles. The first kappa shape index (κ1) is 16.7. The molecule has 2 unspecified atom stereocenters. The number of hydrogen-bond donors (Lipinski definition) is 4. The van der Waals surface area contributed by atoms with Crippen LogP contribution in [0.5, 0.6) is 0 Å². The molecular formula is C19H25N3O2. The molecule has 1 fully saturated rings. The van der Waals surface area contributed by atoms with Crippen LogP contribution in [0.25, 0.3) is 10.8 Å². The van der Waals surface area contributed by atoms with Crippen molar-refractivity contribution in [2.45, 2.75) is 44.2 Å². The predicted octanol–water partition coefficient (Wildman–Crippen LogP) is 2.55. The summed E-state index contributed by atoms with van der Waals surface area (Å²) in [6, 6.07) is 13.3. The largest absolute Gasteiger partial charge is 0.382 e. The molecule has 0 bridgehead atoms. The van der Waals surface area contributed by atoms with Crippen molar-refractivity contribution in [3.8, 4) is 0 Å². The van der Waals surface area contributed by atoms with Gasteiger partial charge in [0.2, 0.25) is 0 Å². The van der Waals surface area contributed by atoms with Gasteiger partial charge in [0.15, 0.2) is 0 Å². The van der Waals surface area contributed by atoms with E-state index < -0.39 is 18.1 Å². The molecule has 0 aliphatic heterocycles. The molecule has 5 nitrogen and oxygen atoms in total. The number of rotatable bonds is 5. The highest BCUT2D eigenvalue weighted by atomic mass is 16.3. The van der Waals surface area contributed by atoms with E-state index in [1.165, 1.54) is 6.42 Å². The van der Waals surface area contributed by atoms with Gasteiger partial charge in [-0.25, -0.2) is 0 Å². The maximum atomic E-state index is 12.2. The van der Waals surface area contributed by atoms with Gasteiger partial charge in [0.25, 0.3) is 5.91 Å². The maximum Gasteiger partial charge on any atom is 0.268 e. The van der Waals surface area contributed by atoms with Crippen molar-refractivity contribution in [3.05, 3.63) is 42.5 Å². The fourth-order valence-corrected chi connectivity index (χ4v) is 3.43. The first-order chi connectivity index (χ1) is 11.6. The quantitative estimate of drug-likeness (QED) is 0.636. The highest BCUT2D eigenvalue weighted by Crippen LogP contribution is 2.27. The number of carbonyl (C=O) groups excluding carboxylic acids is 1. The number of fused-ring (bicyclic) bond motifs is 1. The van der Waals surface area contributed by atoms with Crippen LogP contribution < -0.4 is 16.6 Å². The molecule has 3 rings (SSSR count). The fraction of sp³-hybridized carbons (Fsp3) is 0.421. The summed E-state index contributed by atoms with van der Waals surface area (Å²) >= 11 is 0. The fourth-order valence-electron chi connectivity index (χ4n) is 3.43. The Morgan fingerprint density at radius 1 is 1.08 bits per heavy atom. The average molecular weight is 327 g/mol. The number of amides is 1. The topological polar surface area (TPSA) is 87.4 Å². The van der Waals surface area contributed by atoms with E-state index >= 15 is 0 Å². The van der Waals surface area contributed by atoms with E-state index in [0.29, 0.717) is 0 Å². The number of aliphatic hydroxyl groups excluding tert-OH is 1. The Balaban J connectivity index is 1.57. The average Bonchev–Trinajstić information content (AvgIpc) is 2.65. The monoisotopic (exact) mass is 327 g/mol. The van der Waals surface area contributed by atoms with Gasteiger partial charge in [-0.1, -0.05) is 49.6 Å². The summed E-state index contributed by atoms with van der Waals surface area (Å²) in [5.41, 5.74) is 12.3. The van der Waals surface area contributed by atoms with Crippen LogP contribution in [0.4, 0.5) is 5.69 Å². The predicted molar refractivity (Wildman–Crippen MR) is 96.3 cm³/mol. The zero-order chi connectivity index (χ0) is 16.9. The maximum absolute atomic E-state index is 12.2. The van der Waals surface area contributed by atoms with Crippen molar-refractivity contribution in [1.29, 1.82) is 0 Å². The van der Waals surface area contributed by atoms with E-state index in [2.05, 4.69) is 10.9 Å². The van der Waals surface area contributed by atoms with Gasteiger partial charge in [-0.3, -0.25) is 15.6 Å². The number of hydrogen-bond acceptors (Lipinski definition) is 4. The SMILES string of the molecule is NC(C1CCCCC1)C(O)C(=O)NNc1ccc2ccccc2c1. The van der Waals surface area contributed by atoms with Crippen LogP contribution in [0.3, 0.4) is 0 Å². The number of nitrogens with two attached hydrogens (primary N) is 1. The number of benzene rings is 2. The van der Waals surface area contributed by atoms with Crippen molar-refractivity contribution in [2.24, 2.45) is 11.7 Å². The molecule has 0 heterocycles. The van der Waals surface area contributed by atoms with Gasteiger partial charge < -0.3 is 10.8 Å². The number of aliphatic hydroxyl groups is 1. The van der Waals surface area contributed by atoms with Crippen LogP contribution in [0.15, 0.2) is 42.5 Å². The lowest BCUT2D eigenvalue weighted by molar-refractivity contribution is -0.130. The van der Waals surface area contributed by atoms with Crippen molar-refractivity contribution >= 4 is 22.4 Å². The molecule has 2 atom stereocenters. The molecule has 2 aromatic carbocycles. The van der Waals surface area contributed by atoms with Gasteiger partial charge in [0.05, 0.1) is 5.69 Å². The lowest BCUT2D eigenvalue weighted by atomic mass is 9.82. The molecule has 5 heteroatoms. The molecule has 0 spiro atoms. The number of hydrazine groups is 1. The standard InChI is InChI=1S/C19H25N3O2/c20-17(14-7-2-1-3-8-14)18(23)19(24)22-21-16-11-10-13-6-4-5-9-15(13)12-16/h4-6,9-12,14,17-18,21,23H,1-3,7-8,20H2,(H,22,24). The molecule has 2 aromatic rings. The van der Waals surface area contributed by atoms with E-state index in [0.717, 1.165) is 42.1 Å². The second-order valence-corrected chi connectivity index (χ2v) is 6.60. The summed E-state index contributed by atoms with van der Waals surface area (Å²) in [6.07, 6.45) is 4.26. The summed E-state index contributed by atoms with van der Waals surface area (Å²) in [6.45, 7) is 0. The minimum Gasteiger partial charge on any atom is -0.382 e. The molecule has 1 amide bonds. The molecule has 1 saturated carbocycles. The van der Waals surface area contributed by atoms with Crippen molar-refractivity contribution in [1.82, 2.24) is 5.43 Å². The number of nitrogens with one attached hydrogen (secondary N) is 2. The van der Waals surface area contributed by atoms with Gasteiger partial charge in [0.1, 0.15) is 6.10 Å². The zero-order valence-corrected chi connectivity index (χ0v) is 13.7. The Morgan fingerprint density at radius 3 is 2.54 bits per heavy atom. The van der Waals surface area contributed by atoms with E-state index in [-0.39, 0.29) is 5.92 Å². The van der Waals surface area contributed by atoms with Gasteiger partial charge in [-0.2, -0.15) is 0 Å². The zero-order valence-electron chi connectivity index (χ0n) is 13.7. The molecule has 1 aliphatic rings. The molecule has 0 aromatic heterocycles. The Bertz CT molecular complexity index is 698. The third-order valence-corrected chi connectivity index (χ3v) is 4.91. The van der Waals surface area contributed by atoms with Crippen LogP contribution in [0, 0.1) is 5.92 Å². The lowest BCUT2D eigenvalue weighted by Crippen LogP contribution is -2.51. The highest BCUT2D eigenvalue weighted by molar-refractivity contribution is 5.87. The van der Waals surface area contributed by atoms with E-state index in [1.807, 2.05) is 42.5 Å². The molecule has 0 saturated heterocycles. The number of anilines is 1. The molecule has 0 radical (unpaired) electrons. The van der Waals surface area contributed by atoms with E-state index in [1.54, 1.807) is 0 Å². The van der Waals surface area contributed by atoms with E-state index in [4.69, 9.17) is 5.73 Å². The molecule has 128 valence electrons. The second-order valence-electron chi connectivity index (χ2n) is 6.60. The van der Waals surface area contributed by atoms with Crippen molar-refractivity contribution in [2.75, 3.05) is 5.43 Å². The van der Waals surface area contributed by atoms with Gasteiger partial charge in [0, 0.05) is 6.04 Å². The normalized spacial score (nSPS) is 18.1. The van der Waals surface area contributed by atoms with Gasteiger partial charge in [-0.05, 0) is 41.7 Å². The minimum atomic E-state index is -1.19. The van der Waals surface area contributed by atoms with Crippen LogP contribution >= 0.6 is 0 Å². The van der Waals surface area contributed by atoms with Crippen LogP contribution in [0.1, 0.15) is 32.1 Å². The smallest absolute Gasteiger partial charge is 0.268 e. The van der Waals surface area contributed by atoms with Crippen LogP contribution in [-0.4, -0.2) is 23.2 Å². The third kappa shape index (κ3) is 3.86. The Kier molecular flexibility index (Phi) is 5.33. The minimum absolute atomic E-state index is 0.222. The molecular weight excluding hydrogens is 302 g/mol. The highest BCUT2D eigenvalue weighted by Gasteiger charge is 2.30. The molecule has 24 heavy (non-hydrogen) atoms. The Morgan fingerprint density at radius 2 is 1.79 bits per heavy atom. The summed E-state index contributed by atoms with van der Waals surface area (Å²) in [5, 5.41) is 12.4. The van der Waals surface area contributed by atoms with E-state index in [9.17, 15) is 9.90 Å². The summed E-state index contributed by atoms with van der Waals surface area (Å²) in [7, 11) is 0. The van der Waals surface area contributed by atoms with Gasteiger partial charge >= 0.3 is 0 Å².